The second-order valence-corrected chi connectivity index (χ2v) is 7.01. The summed E-state index contributed by atoms with van der Waals surface area (Å²) in [7, 11) is 1.90. The van der Waals surface area contributed by atoms with Gasteiger partial charge in [0.25, 0.3) is 5.91 Å². The van der Waals surface area contributed by atoms with Crippen LogP contribution in [0.15, 0.2) is 67.1 Å². The summed E-state index contributed by atoms with van der Waals surface area (Å²) in [5.74, 6) is 0.384. The highest BCUT2D eigenvalue weighted by Gasteiger charge is 2.12. The molecule has 5 rings (SSSR count). The van der Waals surface area contributed by atoms with Gasteiger partial charge in [0, 0.05) is 36.0 Å². The fourth-order valence-electron chi connectivity index (χ4n) is 3.54. The Balaban J connectivity index is 1.44. The van der Waals surface area contributed by atoms with Crippen molar-refractivity contribution in [1.82, 2.24) is 14.8 Å². The molecule has 0 saturated carbocycles. The molecule has 0 aliphatic heterocycles. The Labute approximate surface area is 162 Å². The van der Waals surface area contributed by atoms with Gasteiger partial charge in [-0.3, -0.25) is 9.48 Å². The van der Waals surface area contributed by atoms with Gasteiger partial charge in [-0.1, -0.05) is 30.4 Å². The molecule has 1 aliphatic rings. The van der Waals surface area contributed by atoms with Gasteiger partial charge in [0.2, 0.25) is 0 Å². The molecule has 4 aromatic rings. The Morgan fingerprint density at radius 1 is 1.04 bits per heavy atom. The van der Waals surface area contributed by atoms with Crippen LogP contribution in [0, 0.1) is 0 Å². The van der Waals surface area contributed by atoms with Gasteiger partial charge in [-0.05, 0) is 52.8 Å². The number of anilines is 1. The molecule has 0 bridgehead atoms. The van der Waals surface area contributed by atoms with Crippen molar-refractivity contribution in [3.63, 3.8) is 0 Å². The van der Waals surface area contributed by atoms with Crippen molar-refractivity contribution in [2.24, 2.45) is 7.05 Å². The van der Waals surface area contributed by atoms with Crippen LogP contribution in [0.1, 0.15) is 21.5 Å². The molecule has 2 aromatic carbocycles. The number of fused-ring (bicyclic) bond motifs is 2. The standard InChI is InChI=1S/C23H18N4O/c1-27-14-21(13-25-27)17-6-8-19-12-24-22(11-20(19)10-17)26-23(28)18-7-5-15-3-2-4-16(15)9-18/h2,4-14H,3H2,1H3,(H,24,26,28). The Morgan fingerprint density at radius 3 is 2.82 bits per heavy atom. The van der Waals surface area contributed by atoms with E-state index in [0.29, 0.717) is 11.4 Å². The van der Waals surface area contributed by atoms with Crippen molar-refractivity contribution in [2.75, 3.05) is 5.32 Å². The second kappa shape index (κ2) is 6.46. The van der Waals surface area contributed by atoms with E-state index < -0.39 is 0 Å². The fraction of sp³-hybridized carbons (Fsp3) is 0.0870. The number of carbonyl (C=O) groups is 1. The minimum Gasteiger partial charge on any atom is -0.307 e. The maximum Gasteiger partial charge on any atom is 0.256 e. The number of aromatic nitrogens is 3. The summed E-state index contributed by atoms with van der Waals surface area (Å²) in [6.07, 6.45) is 10.7. The fourth-order valence-corrected chi connectivity index (χ4v) is 3.54. The van der Waals surface area contributed by atoms with Crippen molar-refractivity contribution in [1.29, 1.82) is 0 Å². The minimum atomic E-state index is -0.154. The zero-order valence-corrected chi connectivity index (χ0v) is 15.4. The van der Waals surface area contributed by atoms with Gasteiger partial charge >= 0.3 is 0 Å². The molecule has 1 aliphatic carbocycles. The average molecular weight is 366 g/mol. The van der Waals surface area contributed by atoms with Crippen LogP contribution in [0.3, 0.4) is 0 Å². The molecule has 0 unspecified atom stereocenters. The largest absolute Gasteiger partial charge is 0.307 e. The first-order valence-corrected chi connectivity index (χ1v) is 9.15. The third-order valence-corrected chi connectivity index (χ3v) is 5.04. The monoisotopic (exact) mass is 366 g/mol. The zero-order valence-electron chi connectivity index (χ0n) is 15.4. The van der Waals surface area contributed by atoms with E-state index in [9.17, 15) is 4.79 Å². The summed E-state index contributed by atoms with van der Waals surface area (Å²) < 4.78 is 1.78. The van der Waals surface area contributed by atoms with Gasteiger partial charge in [0.15, 0.2) is 0 Å². The summed E-state index contributed by atoms with van der Waals surface area (Å²) in [6.45, 7) is 0. The number of hydrogen-bond donors (Lipinski definition) is 1. The van der Waals surface area contributed by atoms with E-state index >= 15 is 0 Å². The predicted octanol–water partition coefficient (Wildman–Crippen LogP) is 4.46. The van der Waals surface area contributed by atoms with E-state index in [4.69, 9.17) is 0 Å². The average Bonchev–Trinajstić information content (AvgIpc) is 3.35. The summed E-state index contributed by atoms with van der Waals surface area (Å²) in [4.78, 5) is 17.0. The minimum absolute atomic E-state index is 0.154. The Bertz CT molecular complexity index is 1250. The van der Waals surface area contributed by atoms with E-state index in [2.05, 4.69) is 39.7 Å². The SMILES string of the molecule is Cn1cc(-c2ccc3cnc(NC(=O)c4ccc5c(c4)C=CC5)cc3c2)cn1. The molecule has 28 heavy (non-hydrogen) atoms. The lowest BCUT2D eigenvalue weighted by atomic mass is 10.0. The lowest BCUT2D eigenvalue weighted by molar-refractivity contribution is 0.102. The molecule has 0 radical (unpaired) electrons. The Hall–Kier alpha value is -3.73. The summed E-state index contributed by atoms with van der Waals surface area (Å²) >= 11 is 0. The van der Waals surface area contributed by atoms with E-state index in [1.807, 2.05) is 49.8 Å². The molecule has 1 N–H and O–H groups in total. The molecule has 5 heteroatoms. The van der Waals surface area contributed by atoms with E-state index in [1.165, 1.54) is 5.56 Å². The molecule has 2 aromatic heterocycles. The van der Waals surface area contributed by atoms with Crippen LogP contribution in [-0.4, -0.2) is 20.7 Å². The van der Waals surface area contributed by atoms with E-state index in [0.717, 1.165) is 33.9 Å². The maximum atomic E-state index is 12.7. The number of amides is 1. The van der Waals surface area contributed by atoms with E-state index in [-0.39, 0.29) is 5.91 Å². The first-order valence-electron chi connectivity index (χ1n) is 9.15. The highest BCUT2D eigenvalue weighted by Crippen LogP contribution is 2.26. The summed E-state index contributed by atoms with van der Waals surface area (Å²) in [6, 6.07) is 13.9. The lowest BCUT2D eigenvalue weighted by Gasteiger charge is -2.08. The molecular formula is C23H18N4O. The van der Waals surface area contributed by atoms with Crippen molar-refractivity contribution in [2.45, 2.75) is 6.42 Å². The third-order valence-electron chi connectivity index (χ3n) is 5.04. The summed E-state index contributed by atoms with van der Waals surface area (Å²) in [5, 5.41) is 9.18. The van der Waals surface area contributed by atoms with Crippen LogP contribution >= 0.6 is 0 Å². The molecule has 1 amide bonds. The van der Waals surface area contributed by atoms with Gasteiger partial charge in [-0.15, -0.1) is 0 Å². The topological polar surface area (TPSA) is 59.8 Å². The van der Waals surface area contributed by atoms with Crippen LogP contribution in [0.5, 0.6) is 0 Å². The molecule has 0 spiro atoms. The van der Waals surface area contributed by atoms with Crippen LogP contribution in [0.4, 0.5) is 5.82 Å². The molecule has 0 atom stereocenters. The highest BCUT2D eigenvalue weighted by molar-refractivity contribution is 6.05. The molecule has 2 heterocycles. The van der Waals surface area contributed by atoms with Gasteiger partial charge in [0.05, 0.1) is 6.20 Å². The van der Waals surface area contributed by atoms with Gasteiger partial charge in [-0.2, -0.15) is 5.10 Å². The number of hydrogen-bond acceptors (Lipinski definition) is 3. The first kappa shape index (κ1) is 16.4. The van der Waals surface area contributed by atoms with Crippen molar-refractivity contribution >= 4 is 28.6 Å². The third kappa shape index (κ3) is 2.97. The number of rotatable bonds is 3. The van der Waals surface area contributed by atoms with Crippen molar-refractivity contribution in [3.05, 3.63) is 83.8 Å². The smallest absolute Gasteiger partial charge is 0.256 e. The molecular weight excluding hydrogens is 348 g/mol. The normalized spacial score (nSPS) is 12.3. The maximum absolute atomic E-state index is 12.7. The number of benzene rings is 2. The Kier molecular flexibility index (Phi) is 3.79. The second-order valence-electron chi connectivity index (χ2n) is 7.01. The number of carbonyl (C=O) groups excluding carboxylic acids is 1. The number of allylic oxidation sites excluding steroid dienone is 1. The Morgan fingerprint density at radius 2 is 1.96 bits per heavy atom. The van der Waals surface area contributed by atoms with Gasteiger partial charge in [-0.25, -0.2) is 4.98 Å². The first-order chi connectivity index (χ1) is 13.7. The summed E-state index contributed by atoms with van der Waals surface area (Å²) in [5.41, 5.74) is 5.13. The zero-order chi connectivity index (χ0) is 19.1. The number of nitrogens with zero attached hydrogens (tertiary/aromatic N) is 3. The quantitative estimate of drug-likeness (QED) is 0.582. The highest BCUT2D eigenvalue weighted by atomic mass is 16.1. The number of aryl methyl sites for hydroxylation is 1. The van der Waals surface area contributed by atoms with E-state index in [1.54, 1.807) is 10.9 Å². The number of pyridine rings is 1. The molecule has 0 saturated heterocycles. The molecule has 0 fully saturated rings. The van der Waals surface area contributed by atoms with Crippen LogP contribution in [0.25, 0.3) is 28.0 Å². The lowest BCUT2D eigenvalue weighted by Crippen LogP contribution is -2.13. The van der Waals surface area contributed by atoms with Crippen LogP contribution in [-0.2, 0) is 13.5 Å². The molecule has 136 valence electrons. The van der Waals surface area contributed by atoms with Gasteiger partial charge in [0.1, 0.15) is 5.82 Å². The molecule has 5 nitrogen and oxygen atoms in total. The van der Waals surface area contributed by atoms with Crippen LogP contribution in [0.2, 0.25) is 0 Å². The van der Waals surface area contributed by atoms with Crippen molar-refractivity contribution in [3.8, 4) is 11.1 Å². The predicted molar refractivity (Wildman–Crippen MR) is 111 cm³/mol. The van der Waals surface area contributed by atoms with Gasteiger partial charge < -0.3 is 5.32 Å². The number of nitrogens with one attached hydrogen (secondary N) is 1. The van der Waals surface area contributed by atoms with Crippen molar-refractivity contribution < 1.29 is 4.79 Å². The van der Waals surface area contributed by atoms with Crippen LogP contribution < -0.4 is 5.32 Å².